The zero-order valence-electron chi connectivity index (χ0n) is 5.33. The summed E-state index contributed by atoms with van der Waals surface area (Å²) in [5, 5.41) is 4.33. The summed E-state index contributed by atoms with van der Waals surface area (Å²) >= 11 is 0. The van der Waals surface area contributed by atoms with Crippen LogP contribution in [0.15, 0.2) is 24.3 Å². The van der Waals surface area contributed by atoms with Crippen LogP contribution < -0.4 is 5.32 Å². The van der Waals surface area contributed by atoms with Crippen LogP contribution in [0, 0.1) is 11.8 Å². The van der Waals surface area contributed by atoms with Gasteiger partial charge in [0.1, 0.15) is 0 Å². The fraction of sp³-hybridized carbons (Fsp3) is 0.500. The smallest absolute Gasteiger partial charge is 0.0202 e. The predicted molar refractivity (Wildman–Crippen MR) is 37.1 cm³/mol. The molecule has 0 bridgehead atoms. The van der Waals surface area contributed by atoms with Gasteiger partial charge in [0.05, 0.1) is 0 Å². The normalized spacial score (nSPS) is 39.1. The summed E-state index contributed by atoms with van der Waals surface area (Å²) in [6, 6.07) is 0. The number of rotatable bonds is 0. The number of allylic oxidation sites excluding steroid dienone is 2. The Kier molecular flexibility index (Phi) is 1.16. The summed E-state index contributed by atoms with van der Waals surface area (Å²) < 4.78 is 0. The lowest BCUT2D eigenvalue weighted by Gasteiger charge is -2.11. The van der Waals surface area contributed by atoms with Gasteiger partial charge in [-0.2, -0.15) is 0 Å². The Balaban J connectivity index is 2.18. The van der Waals surface area contributed by atoms with E-state index in [0.717, 1.165) is 24.9 Å². The number of hydrogen-bond donors (Lipinski definition) is 0. The molecule has 0 aromatic rings. The van der Waals surface area contributed by atoms with Gasteiger partial charge in [-0.15, -0.1) is 0 Å². The maximum Gasteiger partial charge on any atom is 0.0202 e. The molecule has 2 unspecified atom stereocenters. The molecule has 1 heterocycles. The zero-order chi connectivity index (χ0) is 6.10. The zero-order valence-corrected chi connectivity index (χ0v) is 5.33. The highest BCUT2D eigenvalue weighted by molar-refractivity contribution is 5.16. The average Bonchev–Trinajstić information content (AvgIpc) is 2.33. The molecule has 1 nitrogen and oxygen atoms in total. The summed E-state index contributed by atoms with van der Waals surface area (Å²) in [5.41, 5.74) is 0. The van der Waals surface area contributed by atoms with E-state index in [-0.39, 0.29) is 0 Å². The molecule has 0 aromatic carbocycles. The van der Waals surface area contributed by atoms with Gasteiger partial charge in [0.2, 0.25) is 0 Å². The maximum atomic E-state index is 4.33. The number of fused-ring (bicyclic) bond motifs is 1. The van der Waals surface area contributed by atoms with E-state index < -0.39 is 0 Å². The molecule has 0 N–H and O–H groups in total. The Hall–Kier alpha value is -0.560. The summed E-state index contributed by atoms with van der Waals surface area (Å²) in [4.78, 5) is 0. The molecule has 1 radical (unpaired) electrons. The van der Waals surface area contributed by atoms with Crippen molar-refractivity contribution in [2.24, 2.45) is 11.8 Å². The first kappa shape index (κ1) is 5.24. The first-order valence-electron chi connectivity index (χ1n) is 3.45. The van der Waals surface area contributed by atoms with Crippen LogP contribution in [0.4, 0.5) is 0 Å². The topological polar surface area (TPSA) is 14.1 Å². The lowest BCUT2D eigenvalue weighted by Crippen LogP contribution is -2.08. The van der Waals surface area contributed by atoms with Crippen molar-refractivity contribution in [3.05, 3.63) is 24.3 Å². The Morgan fingerprint density at radius 3 is 2.11 bits per heavy atom. The molecule has 2 aliphatic rings. The van der Waals surface area contributed by atoms with Crippen LogP contribution in [0.5, 0.6) is 0 Å². The fourth-order valence-electron chi connectivity index (χ4n) is 1.46. The first-order valence-corrected chi connectivity index (χ1v) is 3.45. The van der Waals surface area contributed by atoms with Crippen LogP contribution in [-0.2, 0) is 0 Å². The molecule has 0 spiro atoms. The Morgan fingerprint density at radius 2 is 1.56 bits per heavy atom. The van der Waals surface area contributed by atoms with E-state index in [1.54, 1.807) is 0 Å². The fourth-order valence-corrected chi connectivity index (χ4v) is 1.46. The average molecular weight is 120 g/mol. The second kappa shape index (κ2) is 1.99. The van der Waals surface area contributed by atoms with E-state index in [0.29, 0.717) is 0 Å². The van der Waals surface area contributed by atoms with Crippen molar-refractivity contribution in [3.63, 3.8) is 0 Å². The number of nitrogens with zero attached hydrogens (tertiary/aromatic N) is 1. The summed E-state index contributed by atoms with van der Waals surface area (Å²) in [7, 11) is 0. The van der Waals surface area contributed by atoms with Crippen molar-refractivity contribution in [3.8, 4) is 0 Å². The molecule has 1 heteroatoms. The third-order valence-electron chi connectivity index (χ3n) is 2.06. The lowest BCUT2D eigenvalue weighted by atomic mass is 9.92. The third-order valence-corrected chi connectivity index (χ3v) is 2.06. The van der Waals surface area contributed by atoms with Crippen LogP contribution in [0.1, 0.15) is 0 Å². The minimum absolute atomic E-state index is 0.731. The van der Waals surface area contributed by atoms with Gasteiger partial charge in [0, 0.05) is 13.1 Å². The molecular weight excluding hydrogens is 110 g/mol. The molecule has 0 aromatic heterocycles. The van der Waals surface area contributed by atoms with Crippen LogP contribution in [0.3, 0.4) is 0 Å². The van der Waals surface area contributed by atoms with Crippen LogP contribution >= 0.6 is 0 Å². The highest BCUT2D eigenvalue weighted by atomic mass is 14.9. The monoisotopic (exact) mass is 120 g/mol. The van der Waals surface area contributed by atoms with Crippen molar-refractivity contribution < 1.29 is 0 Å². The minimum Gasteiger partial charge on any atom is -0.241 e. The molecule has 0 saturated carbocycles. The van der Waals surface area contributed by atoms with Gasteiger partial charge < -0.3 is 0 Å². The van der Waals surface area contributed by atoms with Gasteiger partial charge in [0.15, 0.2) is 0 Å². The van der Waals surface area contributed by atoms with Crippen molar-refractivity contribution in [2.75, 3.05) is 13.1 Å². The number of hydrogen-bond acceptors (Lipinski definition) is 0. The second-order valence-corrected chi connectivity index (χ2v) is 2.69. The molecule has 2 rings (SSSR count). The molecule has 1 fully saturated rings. The van der Waals surface area contributed by atoms with E-state index in [9.17, 15) is 0 Å². The van der Waals surface area contributed by atoms with Crippen molar-refractivity contribution in [1.29, 1.82) is 0 Å². The molecule has 1 aliphatic heterocycles. The Bertz CT molecular complexity index is 140. The van der Waals surface area contributed by atoms with Crippen LogP contribution in [0.2, 0.25) is 0 Å². The quantitative estimate of drug-likeness (QED) is 0.452. The molecule has 47 valence electrons. The van der Waals surface area contributed by atoms with Gasteiger partial charge in [-0.25, -0.2) is 5.32 Å². The molecule has 1 aliphatic carbocycles. The summed E-state index contributed by atoms with van der Waals surface area (Å²) in [5.74, 6) is 1.46. The van der Waals surface area contributed by atoms with E-state index in [1.165, 1.54) is 0 Å². The SMILES string of the molecule is C1=CC2C[N]CC2C=C1. The Labute approximate surface area is 55.5 Å². The van der Waals surface area contributed by atoms with E-state index in [4.69, 9.17) is 0 Å². The van der Waals surface area contributed by atoms with Crippen LogP contribution in [0.25, 0.3) is 0 Å². The second-order valence-electron chi connectivity index (χ2n) is 2.69. The molecular formula is C8H10N. The largest absolute Gasteiger partial charge is 0.241 e. The molecule has 0 amide bonds. The van der Waals surface area contributed by atoms with Gasteiger partial charge >= 0.3 is 0 Å². The van der Waals surface area contributed by atoms with Gasteiger partial charge in [-0.1, -0.05) is 24.3 Å². The van der Waals surface area contributed by atoms with Gasteiger partial charge in [0.25, 0.3) is 0 Å². The standard InChI is InChI=1S/C8H10N/c1-2-4-8-6-9-5-7(8)3-1/h1-4,7-8H,5-6H2. The first-order chi connectivity index (χ1) is 4.47. The predicted octanol–water partition coefficient (Wildman–Crippen LogP) is 0.963. The molecule has 2 atom stereocenters. The third kappa shape index (κ3) is 0.815. The van der Waals surface area contributed by atoms with Crippen molar-refractivity contribution in [2.45, 2.75) is 0 Å². The summed E-state index contributed by atoms with van der Waals surface area (Å²) in [6.45, 7) is 2.09. The Morgan fingerprint density at radius 1 is 1.00 bits per heavy atom. The molecule has 9 heavy (non-hydrogen) atoms. The lowest BCUT2D eigenvalue weighted by molar-refractivity contribution is 0.595. The van der Waals surface area contributed by atoms with Crippen LogP contribution in [-0.4, -0.2) is 13.1 Å². The highest BCUT2D eigenvalue weighted by Crippen LogP contribution is 2.23. The summed E-state index contributed by atoms with van der Waals surface area (Å²) in [6.07, 6.45) is 8.78. The highest BCUT2D eigenvalue weighted by Gasteiger charge is 2.24. The van der Waals surface area contributed by atoms with Crippen molar-refractivity contribution in [1.82, 2.24) is 5.32 Å². The molecule has 1 saturated heterocycles. The van der Waals surface area contributed by atoms with Gasteiger partial charge in [-0.05, 0) is 11.8 Å². The van der Waals surface area contributed by atoms with Gasteiger partial charge in [-0.3, -0.25) is 0 Å². The van der Waals surface area contributed by atoms with E-state index in [2.05, 4.69) is 29.6 Å². The minimum atomic E-state index is 0.731. The van der Waals surface area contributed by atoms with E-state index >= 15 is 0 Å². The maximum absolute atomic E-state index is 4.33. The van der Waals surface area contributed by atoms with Crippen molar-refractivity contribution >= 4 is 0 Å². The van der Waals surface area contributed by atoms with E-state index in [1.807, 2.05) is 0 Å².